The molecule has 0 amide bonds. The van der Waals surface area contributed by atoms with Crippen molar-refractivity contribution in [1.29, 1.82) is 0 Å². The lowest BCUT2D eigenvalue weighted by atomic mass is 9.96. The number of benzene rings is 2. The molecule has 1 fully saturated rings. The highest BCUT2D eigenvalue weighted by molar-refractivity contribution is 5.65. The quantitative estimate of drug-likeness (QED) is 0.344. The first-order valence-electron chi connectivity index (χ1n) is 9.29. The molecule has 1 aliphatic rings. The van der Waals surface area contributed by atoms with Gasteiger partial charge in [0.1, 0.15) is 30.0 Å². The smallest absolute Gasteiger partial charge is 0.299 e. The predicted molar refractivity (Wildman–Crippen MR) is 106 cm³/mol. The van der Waals surface area contributed by atoms with Crippen molar-refractivity contribution in [3.8, 4) is 0 Å². The second kappa shape index (κ2) is 9.76. The predicted octanol–water partition coefficient (Wildman–Crippen LogP) is 0.939. The zero-order chi connectivity index (χ0) is 22.5. The van der Waals surface area contributed by atoms with Crippen molar-refractivity contribution < 1.29 is 34.6 Å². The van der Waals surface area contributed by atoms with E-state index in [1.54, 1.807) is 24.3 Å². The average molecular weight is 435 g/mol. The number of aliphatic hydroxyl groups is 3. The van der Waals surface area contributed by atoms with Crippen LogP contribution in [0.2, 0.25) is 0 Å². The Bertz CT molecular complexity index is 927. The summed E-state index contributed by atoms with van der Waals surface area (Å²) >= 11 is 0. The molecule has 3 rings (SSSR count). The van der Waals surface area contributed by atoms with Crippen molar-refractivity contribution in [2.45, 2.75) is 37.3 Å². The van der Waals surface area contributed by atoms with Gasteiger partial charge in [0.25, 0.3) is 11.4 Å². The molecule has 0 aliphatic carbocycles. The fourth-order valence-electron chi connectivity index (χ4n) is 3.22. The summed E-state index contributed by atoms with van der Waals surface area (Å²) in [6.45, 7) is -0.527. The van der Waals surface area contributed by atoms with Crippen LogP contribution in [0.25, 0.3) is 0 Å². The number of anilines is 1. The van der Waals surface area contributed by atoms with Crippen LogP contribution in [0.5, 0.6) is 0 Å². The third-order valence-corrected chi connectivity index (χ3v) is 4.85. The second-order valence-corrected chi connectivity index (χ2v) is 6.89. The van der Waals surface area contributed by atoms with Gasteiger partial charge in [0.15, 0.2) is 6.29 Å². The highest BCUT2D eigenvalue weighted by Crippen LogP contribution is 2.32. The standard InChI is InChI=1S/C19H21N3O9/c23-9-15-17(24)18(25)16(19(31-15)30-10-11-4-2-1-3-5-11)20-13-7-6-12(21(26)27)8-14(13)22(28)29/h1-8,15-20,23-25H,9-10H2/t15-,16+,17+,18+,19-/m1/s1. The summed E-state index contributed by atoms with van der Waals surface area (Å²) in [7, 11) is 0. The normalized spacial score (nSPS) is 25.7. The number of ether oxygens (including phenoxy) is 2. The van der Waals surface area contributed by atoms with E-state index in [0.717, 1.165) is 23.8 Å². The van der Waals surface area contributed by atoms with Crippen LogP contribution in [-0.2, 0) is 16.1 Å². The van der Waals surface area contributed by atoms with Gasteiger partial charge >= 0.3 is 0 Å². The first-order chi connectivity index (χ1) is 14.8. The maximum atomic E-state index is 11.4. The van der Waals surface area contributed by atoms with E-state index >= 15 is 0 Å². The lowest BCUT2D eigenvalue weighted by molar-refractivity contribution is -0.393. The Kier molecular flexibility index (Phi) is 7.09. The maximum absolute atomic E-state index is 11.4. The molecule has 2 aromatic carbocycles. The van der Waals surface area contributed by atoms with Gasteiger partial charge < -0.3 is 30.1 Å². The van der Waals surface area contributed by atoms with E-state index in [1.165, 1.54) is 0 Å². The maximum Gasteiger partial charge on any atom is 0.299 e. The topological polar surface area (TPSA) is 177 Å². The lowest BCUT2D eigenvalue weighted by Gasteiger charge is -2.42. The summed E-state index contributed by atoms with van der Waals surface area (Å²) in [5.41, 5.74) is -0.421. The summed E-state index contributed by atoms with van der Waals surface area (Å²) in [5, 5.41) is 55.3. The highest BCUT2D eigenvalue weighted by atomic mass is 16.7. The number of hydrogen-bond donors (Lipinski definition) is 4. The Labute approximate surface area is 176 Å². The van der Waals surface area contributed by atoms with Crippen molar-refractivity contribution in [3.05, 3.63) is 74.3 Å². The zero-order valence-corrected chi connectivity index (χ0v) is 16.1. The Hall–Kier alpha value is -3.16. The molecule has 1 saturated heterocycles. The minimum Gasteiger partial charge on any atom is -0.394 e. The van der Waals surface area contributed by atoms with Gasteiger partial charge in [-0.05, 0) is 11.6 Å². The number of hydrogen-bond acceptors (Lipinski definition) is 10. The molecule has 12 nitrogen and oxygen atoms in total. The van der Waals surface area contributed by atoms with Gasteiger partial charge in [-0.15, -0.1) is 0 Å². The van der Waals surface area contributed by atoms with E-state index in [9.17, 15) is 35.5 Å². The molecule has 0 bridgehead atoms. The summed E-state index contributed by atoms with van der Waals surface area (Å²) in [6, 6.07) is 10.8. The van der Waals surface area contributed by atoms with Crippen LogP contribution in [0.1, 0.15) is 5.56 Å². The number of nitrogens with one attached hydrogen (secondary N) is 1. The van der Waals surface area contributed by atoms with E-state index < -0.39 is 58.5 Å². The number of nitro groups is 2. The average Bonchev–Trinajstić information content (AvgIpc) is 2.77. The summed E-state index contributed by atoms with van der Waals surface area (Å²) in [4.78, 5) is 20.8. The highest BCUT2D eigenvalue weighted by Gasteiger charge is 2.45. The molecule has 1 heterocycles. The van der Waals surface area contributed by atoms with Crippen LogP contribution < -0.4 is 5.32 Å². The van der Waals surface area contributed by atoms with Gasteiger partial charge in [-0.1, -0.05) is 30.3 Å². The van der Waals surface area contributed by atoms with Gasteiger partial charge in [0.2, 0.25) is 0 Å². The van der Waals surface area contributed by atoms with Gasteiger partial charge in [-0.2, -0.15) is 0 Å². The molecule has 0 aromatic heterocycles. The summed E-state index contributed by atoms with van der Waals surface area (Å²) in [5.74, 6) is 0. The van der Waals surface area contributed by atoms with Gasteiger partial charge in [0, 0.05) is 6.07 Å². The van der Waals surface area contributed by atoms with Crippen molar-refractivity contribution in [2.24, 2.45) is 0 Å². The molecule has 0 radical (unpaired) electrons. The van der Waals surface area contributed by atoms with Crippen LogP contribution in [0.15, 0.2) is 48.5 Å². The van der Waals surface area contributed by atoms with Crippen molar-refractivity contribution in [3.63, 3.8) is 0 Å². The van der Waals surface area contributed by atoms with Gasteiger partial charge in [0.05, 0.1) is 29.1 Å². The summed E-state index contributed by atoms with van der Waals surface area (Å²) in [6.07, 6.45) is -5.37. The Balaban J connectivity index is 1.87. The number of nitro benzene ring substituents is 2. The fourth-order valence-corrected chi connectivity index (χ4v) is 3.22. The first-order valence-corrected chi connectivity index (χ1v) is 9.29. The lowest BCUT2D eigenvalue weighted by Crippen LogP contribution is -2.61. The van der Waals surface area contributed by atoms with Crippen molar-refractivity contribution in [2.75, 3.05) is 11.9 Å². The number of aliphatic hydroxyl groups excluding tert-OH is 3. The second-order valence-electron chi connectivity index (χ2n) is 6.89. The number of nitrogens with zero attached hydrogens (tertiary/aromatic N) is 2. The van der Waals surface area contributed by atoms with E-state index in [0.29, 0.717) is 0 Å². The summed E-state index contributed by atoms with van der Waals surface area (Å²) < 4.78 is 11.3. The molecule has 0 spiro atoms. The third kappa shape index (κ3) is 5.13. The van der Waals surface area contributed by atoms with Crippen LogP contribution in [-0.4, -0.2) is 62.4 Å². The zero-order valence-electron chi connectivity index (χ0n) is 16.1. The Morgan fingerprint density at radius 2 is 1.74 bits per heavy atom. The number of rotatable bonds is 8. The van der Waals surface area contributed by atoms with E-state index in [1.807, 2.05) is 6.07 Å². The molecule has 12 heteroatoms. The monoisotopic (exact) mass is 435 g/mol. The minimum atomic E-state index is -1.53. The molecular formula is C19H21N3O9. The van der Waals surface area contributed by atoms with E-state index in [2.05, 4.69) is 5.32 Å². The number of non-ortho nitro benzene ring substituents is 1. The molecule has 2 aromatic rings. The van der Waals surface area contributed by atoms with Gasteiger partial charge in [-0.25, -0.2) is 0 Å². The van der Waals surface area contributed by atoms with Crippen molar-refractivity contribution >= 4 is 17.1 Å². The molecule has 0 unspecified atom stereocenters. The molecule has 4 N–H and O–H groups in total. The van der Waals surface area contributed by atoms with E-state index in [4.69, 9.17) is 9.47 Å². The SMILES string of the molecule is O=[N+]([O-])c1ccc(N[C@@H]2[C@H](OCc3ccccc3)O[C@H](CO)[C@H](O)[C@H]2O)c([N+](=O)[O-])c1. The third-order valence-electron chi connectivity index (χ3n) is 4.85. The van der Waals surface area contributed by atoms with Crippen molar-refractivity contribution in [1.82, 2.24) is 0 Å². The minimum absolute atomic E-state index is 0.0625. The van der Waals surface area contributed by atoms with E-state index in [-0.39, 0.29) is 12.3 Å². The molecule has 1 aliphatic heterocycles. The van der Waals surface area contributed by atoms with Gasteiger partial charge in [-0.3, -0.25) is 20.2 Å². The Morgan fingerprint density at radius 3 is 2.35 bits per heavy atom. The largest absolute Gasteiger partial charge is 0.394 e. The molecule has 5 atom stereocenters. The van der Waals surface area contributed by atoms with Crippen LogP contribution in [0, 0.1) is 20.2 Å². The molecule has 0 saturated carbocycles. The van der Waals surface area contributed by atoms with Crippen LogP contribution in [0.4, 0.5) is 17.1 Å². The Morgan fingerprint density at radius 1 is 1.03 bits per heavy atom. The molecule has 31 heavy (non-hydrogen) atoms. The molecular weight excluding hydrogens is 414 g/mol. The van der Waals surface area contributed by atoms with Crippen LogP contribution in [0.3, 0.4) is 0 Å². The van der Waals surface area contributed by atoms with Crippen LogP contribution >= 0.6 is 0 Å². The fraction of sp³-hybridized carbons (Fsp3) is 0.368. The first kappa shape index (κ1) is 22.5. The molecule has 166 valence electrons.